The van der Waals surface area contributed by atoms with Gasteiger partial charge in [-0.15, -0.1) is 0 Å². The maximum atomic E-state index is 11.8. The Labute approximate surface area is 142 Å². The lowest BCUT2D eigenvalue weighted by atomic mass is 10.2. The fourth-order valence-electron chi connectivity index (χ4n) is 2.79. The van der Waals surface area contributed by atoms with E-state index in [1.165, 1.54) is 12.8 Å². The summed E-state index contributed by atoms with van der Waals surface area (Å²) in [6, 6.07) is 13.4. The van der Waals surface area contributed by atoms with Gasteiger partial charge in [-0.2, -0.15) is 0 Å². The van der Waals surface area contributed by atoms with E-state index in [-0.39, 0.29) is 6.03 Å². The number of ether oxygens (including phenoxy) is 1. The van der Waals surface area contributed by atoms with Crippen molar-refractivity contribution >= 4 is 6.03 Å². The van der Waals surface area contributed by atoms with Crippen LogP contribution in [0.3, 0.4) is 0 Å². The molecule has 2 N–H and O–H groups in total. The average molecular weight is 325 g/mol. The van der Waals surface area contributed by atoms with Crippen LogP contribution in [-0.4, -0.2) is 17.1 Å². The van der Waals surface area contributed by atoms with Crippen molar-refractivity contribution < 1.29 is 9.53 Å². The lowest BCUT2D eigenvalue weighted by Crippen LogP contribution is -2.34. The van der Waals surface area contributed by atoms with Gasteiger partial charge in [0, 0.05) is 25.4 Å². The van der Waals surface area contributed by atoms with Crippen molar-refractivity contribution in [2.75, 3.05) is 0 Å². The first-order valence-electron chi connectivity index (χ1n) is 8.47. The molecule has 2 amide bonds. The lowest BCUT2D eigenvalue weighted by molar-refractivity contribution is 0.201. The molecule has 0 saturated heterocycles. The Balaban J connectivity index is 1.40. The van der Waals surface area contributed by atoms with Gasteiger partial charge < -0.3 is 15.4 Å². The summed E-state index contributed by atoms with van der Waals surface area (Å²) >= 11 is 0. The first-order chi connectivity index (χ1) is 11.8. The van der Waals surface area contributed by atoms with E-state index in [1.807, 2.05) is 42.5 Å². The van der Waals surface area contributed by atoms with E-state index >= 15 is 0 Å². The fourth-order valence-corrected chi connectivity index (χ4v) is 2.79. The maximum absolute atomic E-state index is 11.8. The highest BCUT2D eigenvalue weighted by molar-refractivity contribution is 5.73. The molecule has 126 valence electrons. The van der Waals surface area contributed by atoms with E-state index < -0.39 is 0 Å². The Kier molecular flexibility index (Phi) is 5.66. The van der Waals surface area contributed by atoms with E-state index in [4.69, 9.17) is 4.74 Å². The minimum absolute atomic E-state index is 0.190. The van der Waals surface area contributed by atoms with Crippen LogP contribution >= 0.6 is 0 Å². The van der Waals surface area contributed by atoms with Crippen molar-refractivity contribution in [3.63, 3.8) is 0 Å². The third-order valence-corrected chi connectivity index (χ3v) is 4.14. The van der Waals surface area contributed by atoms with E-state index in [0.29, 0.717) is 25.1 Å². The van der Waals surface area contributed by atoms with Crippen LogP contribution in [0.25, 0.3) is 0 Å². The number of nitrogens with zero attached hydrogens (tertiary/aromatic N) is 1. The zero-order chi connectivity index (χ0) is 16.6. The number of urea groups is 1. The van der Waals surface area contributed by atoms with Crippen LogP contribution in [0.2, 0.25) is 0 Å². The van der Waals surface area contributed by atoms with E-state index in [1.54, 1.807) is 6.20 Å². The van der Waals surface area contributed by atoms with Gasteiger partial charge in [-0.05, 0) is 36.8 Å². The van der Waals surface area contributed by atoms with E-state index in [0.717, 1.165) is 24.0 Å². The van der Waals surface area contributed by atoms with Crippen LogP contribution < -0.4 is 15.4 Å². The number of hydrogen-bond acceptors (Lipinski definition) is 3. The zero-order valence-corrected chi connectivity index (χ0v) is 13.7. The van der Waals surface area contributed by atoms with Gasteiger partial charge in [-0.25, -0.2) is 9.78 Å². The summed E-state index contributed by atoms with van der Waals surface area (Å²) in [6.07, 6.45) is 6.78. The highest BCUT2D eigenvalue weighted by Gasteiger charge is 2.16. The van der Waals surface area contributed by atoms with Crippen LogP contribution in [0.4, 0.5) is 4.79 Å². The average Bonchev–Trinajstić information content (AvgIpc) is 3.13. The number of pyridine rings is 1. The summed E-state index contributed by atoms with van der Waals surface area (Å²) in [5, 5.41) is 5.66. The number of amides is 2. The standard InChI is InChI=1S/C19H23N3O2/c23-19(21-12-15-6-2-1-3-7-15)22-14-16-10-11-18(20-13-16)24-17-8-4-5-9-17/h1-3,6-7,10-11,13,17H,4-5,8-9,12,14H2,(H2,21,22,23). The molecule has 0 spiro atoms. The lowest BCUT2D eigenvalue weighted by Gasteiger charge is -2.12. The number of hydrogen-bond donors (Lipinski definition) is 2. The predicted octanol–water partition coefficient (Wildman–Crippen LogP) is 3.40. The van der Waals surface area contributed by atoms with Crippen molar-refractivity contribution in [1.82, 2.24) is 15.6 Å². The zero-order valence-electron chi connectivity index (χ0n) is 13.7. The van der Waals surface area contributed by atoms with Gasteiger partial charge in [-0.1, -0.05) is 36.4 Å². The molecule has 24 heavy (non-hydrogen) atoms. The van der Waals surface area contributed by atoms with Gasteiger partial charge in [0.25, 0.3) is 0 Å². The molecular formula is C19H23N3O2. The smallest absolute Gasteiger partial charge is 0.315 e. The number of aromatic nitrogens is 1. The molecule has 0 unspecified atom stereocenters. The molecule has 1 heterocycles. The quantitative estimate of drug-likeness (QED) is 0.855. The molecule has 5 nitrogen and oxygen atoms in total. The molecule has 1 saturated carbocycles. The molecule has 1 aliphatic rings. The van der Waals surface area contributed by atoms with Crippen LogP contribution in [0.1, 0.15) is 36.8 Å². The first kappa shape index (κ1) is 16.3. The molecule has 0 aliphatic heterocycles. The summed E-state index contributed by atoms with van der Waals surface area (Å²) in [6.45, 7) is 0.955. The van der Waals surface area contributed by atoms with Crippen molar-refractivity contribution in [2.24, 2.45) is 0 Å². The predicted molar refractivity (Wildman–Crippen MR) is 92.6 cm³/mol. The summed E-state index contributed by atoms with van der Waals surface area (Å²) in [5.41, 5.74) is 2.02. The van der Waals surface area contributed by atoms with Crippen molar-refractivity contribution in [2.45, 2.75) is 44.9 Å². The van der Waals surface area contributed by atoms with E-state index in [9.17, 15) is 4.79 Å². The minimum atomic E-state index is -0.190. The Morgan fingerprint density at radius 1 is 1.00 bits per heavy atom. The molecule has 0 bridgehead atoms. The van der Waals surface area contributed by atoms with Gasteiger partial charge in [0.05, 0.1) is 0 Å². The molecule has 1 aromatic heterocycles. The molecule has 3 rings (SSSR count). The molecule has 0 atom stereocenters. The highest BCUT2D eigenvalue weighted by atomic mass is 16.5. The number of benzene rings is 1. The number of rotatable bonds is 6. The molecule has 1 aliphatic carbocycles. The van der Waals surface area contributed by atoms with Gasteiger partial charge in [0.15, 0.2) is 0 Å². The Bertz CT molecular complexity index is 637. The molecular weight excluding hydrogens is 302 g/mol. The van der Waals surface area contributed by atoms with Crippen LogP contribution in [-0.2, 0) is 13.1 Å². The Morgan fingerprint density at radius 3 is 2.38 bits per heavy atom. The Morgan fingerprint density at radius 2 is 1.71 bits per heavy atom. The first-order valence-corrected chi connectivity index (χ1v) is 8.47. The summed E-state index contributed by atoms with van der Waals surface area (Å²) < 4.78 is 5.83. The largest absolute Gasteiger partial charge is 0.474 e. The monoisotopic (exact) mass is 325 g/mol. The van der Waals surface area contributed by atoms with E-state index in [2.05, 4.69) is 15.6 Å². The number of nitrogens with one attached hydrogen (secondary N) is 2. The third-order valence-electron chi connectivity index (χ3n) is 4.14. The van der Waals surface area contributed by atoms with Crippen molar-refractivity contribution in [1.29, 1.82) is 0 Å². The van der Waals surface area contributed by atoms with Crippen molar-refractivity contribution in [3.8, 4) is 5.88 Å². The maximum Gasteiger partial charge on any atom is 0.315 e. The van der Waals surface area contributed by atoms with Crippen molar-refractivity contribution in [3.05, 3.63) is 59.8 Å². The fraction of sp³-hybridized carbons (Fsp3) is 0.368. The Hall–Kier alpha value is -2.56. The second kappa shape index (κ2) is 8.34. The molecule has 5 heteroatoms. The highest BCUT2D eigenvalue weighted by Crippen LogP contribution is 2.22. The topological polar surface area (TPSA) is 63.2 Å². The number of carbonyl (C=O) groups is 1. The number of carbonyl (C=O) groups excluding carboxylic acids is 1. The second-order valence-corrected chi connectivity index (χ2v) is 6.05. The van der Waals surface area contributed by atoms with Gasteiger partial charge in [0.2, 0.25) is 5.88 Å². The van der Waals surface area contributed by atoms with Crippen LogP contribution in [0, 0.1) is 0 Å². The van der Waals surface area contributed by atoms with Gasteiger partial charge in [0.1, 0.15) is 6.10 Å². The van der Waals surface area contributed by atoms with Crippen LogP contribution in [0.15, 0.2) is 48.7 Å². The minimum Gasteiger partial charge on any atom is -0.474 e. The SMILES string of the molecule is O=C(NCc1ccccc1)NCc1ccc(OC2CCCC2)nc1. The summed E-state index contributed by atoms with van der Waals surface area (Å²) in [4.78, 5) is 16.1. The normalized spacial score (nSPS) is 14.3. The summed E-state index contributed by atoms with van der Waals surface area (Å²) in [7, 11) is 0. The molecule has 1 aromatic carbocycles. The molecule has 2 aromatic rings. The van der Waals surface area contributed by atoms with Gasteiger partial charge >= 0.3 is 6.03 Å². The molecule has 0 radical (unpaired) electrons. The molecule has 1 fully saturated rings. The van der Waals surface area contributed by atoms with Gasteiger partial charge in [-0.3, -0.25) is 0 Å². The third kappa shape index (κ3) is 4.98. The second-order valence-electron chi connectivity index (χ2n) is 6.05. The summed E-state index contributed by atoms with van der Waals surface area (Å²) in [5.74, 6) is 0.666. The van der Waals surface area contributed by atoms with Crippen LogP contribution in [0.5, 0.6) is 5.88 Å².